The summed E-state index contributed by atoms with van der Waals surface area (Å²) in [5.74, 6) is 1.51. The zero-order chi connectivity index (χ0) is 12.3. The third-order valence-electron chi connectivity index (χ3n) is 3.66. The number of hydrogen-bond acceptors (Lipinski definition) is 3. The topological polar surface area (TPSA) is 41.5 Å². The van der Waals surface area contributed by atoms with Gasteiger partial charge in [-0.25, -0.2) is 0 Å². The Bertz CT molecular complexity index is 359. The van der Waals surface area contributed by atoms with Crippen molar-refractivity contribution in [2.24, 2.45) is 5.92 Å². The highest BCUT2D eigenvalue weighted by Crippen LogP contribution is 2.39. The second-order valence-electron chi connectivity index (χ2n) is 5.05. The van der Waals surface area contributed by atoms with E-state index in [-0.39, 0.29) is 12.1 Å². The van der Waals surface area contributed by atoms with Gasteiger partial charge in [0.1, 0.15) is 5.75 Å². The van der Waals surface area contributed by atoms with Crippen LogP contribution in [0.4, 0.5) is 0 Å². The molecule has 1 fully saturated rings. The van der Waals surface area contributed by atoms with Crippen molar-refractivity contribution in [3.63, 3.8) is 0 Å². The molecule has 0 spiro atoms. The Morgan fingerprint density at radius 2 is 2.00 bits per heavy atom. The molecule has 17 heavy (non-hydrogen) atoms. The molecule has 1 atom stereocenters. The lowest BCUT2D eigenvalue weighted by Gasteiger charge is -2.29. The third kappa shape index (κ3) is 2.99. The van der Waals surface area contributed by atoms with Gasteiger partial charge in [-0.1, -0.05) is 12.1 Å². The molecule has 1 aromatic carbocycles. The van der Waals surface area contributed by atoms with Crippen LogP contribution >= 0.6 is 0 Å². The molecule has 0 heterocycles. The van der Waals surface area contributed by atoms with Crippen LogP contribution in [0.15, 0.2) is 24.3 Å². The van der Waals surface area contributed by atoms with Gasteiger partial charge in [0.2, 0.25) is 0 Å². The van der Waals surface area contributed by atoms with Crippen molar-refractivity contribution in [2.75, 3.05) is 13.7 Å². The molecule has 2 N–H and O–H groups in total. The number of hydrogen-bond donors (Lipinski definition) is 2. The van der Waals surface area contributed by atoms with E-state index in [9.17, 15) is 5.11 Å². The molecule has 0 saturated heterocycles. The molecular weight excluding hydrogens is 214 g/mol. The minimum absolute atomic E-state index is 0.125. The van der Waals surface area contributed by atoms with Crippen LogP contribution in [0, 0.1) is 5.92 Å². The van der Waals surface area contributed by atoms with Crippen LogP contribution in [-0.2, 0) is 6.54 Å². The van der Waals surface area contributed by atoms with Gasteiger partial charge >= 0.3 is 0 Å². The standard InChI is InChI=1S/C14H21NO2/c1-14(10-16,12-5-6-12)15-9-11-3-7-13(17-2)8-4-11/h3-4,7-8,12,15-16H,5-6,9-10H2,1-2H3. The molecule has 0 amide bonds. The van der Waals surface area contributed by atoms with Gasteiger partial charge in [-0.2, -0.15) is 0 Å². The first-order valence-electron chi connectivity index (χ1n) is 6.17. The molecule has 0 bridgehead atoms. The fourth-order valence-electron chi connectivity index (χ4n) is 2.10. The second-order valence-corrected chi connectivity index (χ2v) is 5.05. The first-order chi connectivity index (χ1) is 8.18. The number of rotatable bonds is 6. The highest BCUT2D eigenvalue weighted by atomic mass is 16.5. The smallest absolute Gasteiger partial charge is 0.118 e. The molecule has 1 unspecified atom stereocenters. The lowest BCUT2D eigenvalue weighted by atomic mass is 9.96. The zero-order valence-electron chi connectivity index (χ0n) is 10.6. The van der Waals surface area contributed by atoms with E-state index in [1.165, 1.54) is 18.4 Å². The first kappa shape index (κ1) is 12.4. The van der Waals surface area contributed by atoms with Gasteiger partial charge in [-0.05, 0) is 43.4 Å². The van der Waals surface area contributed by atoms with Crippen molar-refractivity contribution >= 4 is 0 Å². The van der Waals surface area contributed by atoms with Gasteiger partial charge in [0.25, 0.3) is 0 Å². The fraction of sp³-hybridized carbons (Fsp3) is 0.571. The summed E-state index contributed by atoms with van der Waals surface area (Å²) in [6.45, 7) is 3.10. The van der Waals surface area contributed by atoms with Gasteiger partial charge in [0, 0.05) is 12.1 Å². The number of benzene rings is 1. The summed E-state index contributed by atoms with van der Waals surface area (Å²) in [6.07, 6.45) is 2.46. The molecule has 3 nitrogen and oxygen atoms in total. The summed E-state index contributed by atoms with van der Waals surface area (Å²) in [5.41, 5.74) is 1.09. The number of aliphatic hydroxyl groups is 1. The van der Waals surface area contributed by atoms with Crippen molar-refractivity contribution in [2.45, 2.75) is 31.8 Å². The molecule has 0 aliphatic heterocycles. The Balaban J connectivity index is 1.91. The average molecular weight is 235 g/mol. The van der Waals surface area contributed by atoms with Crippen molar-refractivity contribution in [1.82, 2.24) is 5.32 Å². The van der Waals surface area contributed by atoms with Crippen LogP contribution in [0.2, 0.25) is 0 Å². The molecule has 2 rings (SSSR count). The summed E-state index contributed by atoms with van der Waals surface area (Å²) >= 11 is 0. The summed E-state index contributed by atoms with van der Waals surface area (Å²) in [7, 11) is 1.67. The Kier molecular flexibility index (Phi) is 3.69. The van der Waals surface area contributed by atoms with Crippen LogP contribution in [-0.4, -0.2) is 24.4 Å². The van der Waals surface area contributed by atoms with Crippen molar-refractivity contribution in [3.05, 3.63) is 29.8 Å². The predicted molar refractivity (Wildman–Crippen MR) is 68.0 cm³/mol. The number of ether oxygens (including phenoxy) is 1. The number of methoxy groups -OCH3 is 1. The molecule has 1 aromatic rings. The minimum atomic E-state index is -0.125. The normalized spacial score (nSPS) is 18.8. The van der Waals surface area contributed by atoms with Crippen molar-refractivity contribution < 1.29 is 9.84 Å². The van der Waals surface area contributed by atoms with E-state index in [0.717, 1.165) is 12.3 Å². The Morgan fingerprint density at radius 1 is 1.35 bits per heavy atom. The quantitative estimate of drug-likeness (QED) is 0.792. The molecule has 3 heteroatoms. The van der Waals surface area contributed by atoms with Crippen molar-refractivity contribution in [1.29, 1.82) is 0 Å². The van der Waals surface area contributed by atoms with E-state index in [0.29, 0.717) is 5.92 Å². The van der Waals surface area contributed by atoms with Gasteiger partial charge in [-0.15, -0.1) is 0 Å². The number of aliphatic hydroxyl groups excluding tert-OH is 1. The Labute approximate surface area is 103 Å². The van der Waals surface area contributed by atoms with Gasteiger partial charge in [-0.3, -0.25) is 0 Å². The SMILES string of the molecule is COc1ccc(CNC(C)(CO)C2CC2)cc1. The maximum Gasteiger partial charge on any atom is 0.118 e. The summed E-state index contributed by atoms with van der Waals surface area (Å²) in [4.78, 5) is 0. The highest BCUT2D eigenvalue weighted by Gasteiger charge is 2.40. The van der Waals surface area contributed by atoms with Crippen molar-refractivity contribution in [3.8, 4) is 5.75 Å². The third-order valence-corrected chi connectivity index (χ3v) is 3.66. The van der Waals surface area contributed by atoms with E-state index in [2.05, 4.69) is 24.4 Å². The van der Waals surface area contributed by atoms with Crippen LogP contribution in [0.1, 0.15) is 25.3 Å². The number of nitrogens with one attached hydrogen (secondary N) is 1. The molecule has 1 saturated carbocycles. The maximum absolute atomic E-state index is 9.47. The van der Waals surface area contributed by atoms with E-state index in [1.807, 2.05) is 12.1 Å². The lowest BCUT2D eigenvalue weighted by molar-refractivity contribution is 0.153. The largest absolute Gasteiger partial charge is 0.497 e. The van der Waals surface area contributed by atoms with Gasteiger partial charge in [0.05, 0.1) is 13.7 Å². The Hall–Kier alpha value is -1.06. The summed E-state index contributed by atoms with van der Waals surface area (Å²) in [5, 5.41) is 12.9. The molecular formula is C14H21NO2. The molecule has 0 radical (unpaired) electrons. The van der Waals surface area contributed by atoms with Crippen LogP contribution < -0.4 is 10.1 Å². The van der Waals surface area contributed by atoms with Crippen LogP contribution in [0.3, 0.4) is 0 Å². The highest BCUT2D eigenvalue weighted by molar-refractivity contribution is 5.27. The predicted octanol–water partition coefficient (Wildman–Crippen LogP) is 1.95. The van der Waals surface area contributed by atoms with Gasteiger partial charge in [0.15, 0.2) is 0 Å². The van der Waals surface area contributed by atoms with Crippen LogP contribution in [0.25, 0.3) is 0 Å². The first-order valence-corrected chi connectivity index (χ1v) is 6.17. The van der Waals surface area contributed by atoms with E-state index in [4.69, 9.17) is 4.74 Å². The van der Waals surface area contributed by atoms with E-state index in [1.54, 1.807) is 7.11 Å². The Morgan fingerprint density at radius 3 is 2.47 bits per heavy atom. The van der Waals surface area contributed by atoms with Gasteiger partial charge < -0.3 is 15.2 Å². The zero-order valence-corrected chi connectivity index (χ0v) is 10.6. The molecule has 0 aromatic heterocycles. The van der Waals surface area contributed by atoms with Crippen LogP contribution in [0.5, 0.6) is 5.75 Å². The monoisotopic (exact) mass is 235 g/mol. The maximum atomic E-state index is 9.47. The molecule has 94 valence electrons. The minimum Gasteiger partial charge on any atom is -0.497 e. The molecule has 1 aliphatic rings. The van der Waals surface area contributed by atoms with E-state index >= 15 is 0 Å². The average Bonchev–Trinajstić information content (AvgIpc) is 3.21. The molecule has 1 aliphatic carbocycles. The summed E-state index contributed by atoms with van der Waals surface area (Å²) in [6, 6.07) is 8.03. The summed E-state index contributed by atoms with van der Waals surface area (Å²) < 4.78 is 5.12. The second kappa shape index (κ2) is 5.07. The van der Waals surface area contributed by atoms with E-state index < -0.39 is 0 Å². The lowest BCUT2D eigenvalue weighted by Crippen LogP contribution is -2.47. The fourth-order valence-corrected chi connectivity index (χ4v) is 2.10.